The van der Waals surface area contributed by atoms with Gasteiger partial charge in [0.05, 0.1) is 6.10 Å². The van der Waals surface area contributed by atoms with E-state index in [0.29, 0.717) is 12.6 Å². The Hall–Kier alpha value is -0.580. The van der Waals surface area contributed by atoms with E-state index in [-0.39, 0.29) is 24.4 Å². The summed E-state index contributed by atoms with van der Waals surface area (Å²) in [4.78, 5) is 12.1. The number of hydrogen-bond donors (Lipinski definition) is 2. The van der Waals surface area contributed by atoms with E-state index in [4.69, 9.17) is 4.74 Å². The molecule has 0 radical (unpaired) electrons. The van der Waals surface area contributed by atoms with Gasteiger partial charge in [-0.15, -0.1) is 12.4 Å². The summed E-state index contributed by atoms with van der Waals surface area (Å²) in [5.41, 5.74) is 1.32. The van der Waals surface area contributed by atoms with Crippen molar-refractivity contribution >= 4 is 18.3 Å². The van der Waals surface area contributed by atoms with Gasteiger partial charge in [0, 0.05) is 13.1 Å². The van der Waals surface area contributed by atoms with Crippen LogP contribution in [0.15, 0.2) is 11.6 Å². The van der Waals surface area contributed by atoms with Gasteiger partial charge in [0.1, 0.15) is 6.10 Å². The smallest absolute Gasteiger partial charge is 0.249 e. The van der Waals surface area contributed by atoms with Crippen LogP contribution in [0, 0.1) is 0 Å². The third-order valence-electron chi connectivity index (χ3n) is 3.97. The van der Waals surface area contributed by atoms with Crippen molar-refractivity contribution in [1.82, 2.24) is 10.6 Å². The molecule has 1 amide bonds. The molecule has 116 valence electrons. The van der Waals surface area contributed by atoms with Crippen LogP contribution >= 0.6 is 12.4 Å². The Morgan fingerprint density at radius 2 is 2.25 bits per heavy atom. The van der Waals surface area contributed by atoms with Crippen LogP contribution in [0.3, 0.4) is 0 Å². The van der Waals surface area contributed by atoms with E-state index < -0.39 is 0 Å². The van der Waals surface area contributed by atoms with Crippen LogP contribution in [0.1, 0.15) is 45.4 Å². The van der Waals surface area contributed by atoms with E-state index >= 15 is 0 Å². The second-order valence-electron chi connectivity index (χ2n) is 5.47. The molecular weight excluding hydrogens is 276 g/mol. The van der Waals surface area contributed by atoms with Gasteiger partial charge in [0.25, 0.3) is 0 Å². The summed E-state index contributed by atoms with van der Waals surface area (Å²) in [6.45, 7) is 4.62. The molecule has 5 heteroatoms. The zero-order valence-corrected chi connectivity index (χ0v) is 13.1. The van der Waals surface area contributed by atoms with Crippen molar-refractivity contribution in [2.45, 2.75) is 57.7 Å². The summed E-state index contributed by atoms with van der Waals surface area (Å²) in [5.74, 6) is 0.0498. The lowest BCUT2D eigenvalue weighted by molar-refractivity contribution is -0.136. The highest BCUT2D eigenvalue weighted by molar-refractivity contribution is 5.85. The van der Waals surface area contributed by atoms with Crippen LogP contribution in [-0.2, 0) is 9.53 Å². The molecule has 1 aliphatic carbocycles. The zero-order valence-electron chi connectivity index (χ0n) is 12.3. The third kappa shape index (κ3) is 5.43. The molecule has 2 rings (SSSR count). The standard InChI is InChI=1S/C15H26N2O2.ClH/c1-2-14(19-13-5-3-4-6-13)15(18)17-11-12-7-9-16-10-8-12;/h7,13-14,16H,2-6,8-11H2,1H3,(H,17,18);1H. The molecule has 2 N–H and O–H groups in total. The molecular formula is C15H27ClN2O2. The minimum absolute atomic E-state index is 0. The van der Waals surface area contributed by atoms with Crippen molar-refractivity contribution in [3.05, 3.63) is 11.6 Å². The van der Waals surface area contributed by atoms with Gasteiger partial charge in [0.15, 0.2) is 0 Å². The lowest BCUT2D eigenvalue weighted by Crippen LogP contribution is -2.39. The average Bonchev–Trinajstić information content (AvgIpc) is 2.96. The molecule has 1 atom stereocenters. The molecule has 0 aromatic rings. The van der Waals surface area contributed by atoms with Crippen molar-refractivity contribution in [2.75, 3.05) is 19.6 Å². The van der Waals surface area contributed by atoms with Gasteiger partial charge in [-0.05, 0) is 32.2 Å². The normalized spacial score (nSPS) is 20.9. The van der Waals surface area contributed by atoms with E-state index in [9.17, 15) is 4.79 Å². The van der Waals surface area contributed by atoms with Gasteiger partial charge < -0.3 is 15.4 Å². The number of carbonyl (C=O) groups is 1. The summed E-state index contributed by atoms with van der Waals surface area (Å²) in [6.07, 6.45) is 8.68. The van der Waals surface area contributed by atoms with Crippen LogP contribution < -0.4 is 10.6 Å². The maximum Gasteiger partial charge on any atom is 0.249 e. The number of amides is 1. The maximum atomic E-state index is 12.1. The predicted molar refractivity (Wildman–Crippen MR) is 83.2 cm³/mol. The molecule has 2 aliphatic rings. The van der Waals surface area contributed by atoms with Gasteiger partial charge in [-0.3, -0.25) is 4.79 Å². The van der Waals surface area contributed by atoms with Gasteiger partial charge in [-0.2, -0.15) is 0 Å². The van der Waals surface area contributed by atoms with Crippen molar-refractivity contribution in [2.24, 2.45) is 0 Å². The Balaban J connectivity index is 0.00000200. The third-order valence-corrected chi connectivity index (χ3v) is 3.97. The molecule has 1 fully saturated rings. The first-order valence-corrected chi connectivity index (χ1v) is 7.61. The molecule has 1 aliphatic heterocycles. The number of nitrogens with one attached hydrogen (secondary N) is 2. The second-order valence-corrected chi connectivity index (χ2v) is 5.47. The minimum atomic E-state index is -0.273. The minimum Gasteiger partial charge on any atom is -0.365 e. The van der Waals surface area contributed by atoms with Crippen LogP contribution in [0.25, 0.3) is 0 Å². The highest BCUT2D eigenvalue weighted by Crippen LogP contribution is 2.22. The van der Waals surface area contributed by atoms with Gasteiger partial charge >= 0.3 is 0 Å². The first-order valence-electron chi connectivity index (χ1n) is 7.61. The summed E-state index contributed by atoms with van der Waals surface area (Å²) < 4.78 is 5.92. The van der Waals surface area contributed by atoms with Crippen LogP contribution in [-0.4, -0.2) is 37.7 Å². The molecule has 0 aromatic heterocycles. The number of carbonyl (C=O) groups excluding carboxylic acids is 1. The molecule has 0 saturated heterocycles. The Bertz CT molecular complexity index is 328. The second kappa shape index (κ2) is 9.37. The Labute approximate surface area is 128 Å². The molecule has 1 saturated carbocycles. The summed E-state index contributed by atoms with van der Waals surface area (Å²) >= 11 is 0. The van der Waals surface area contributed by atoms with E-state index in [0.717, 1.165) is 38.8 Å². The zero-order chi connectivity index (χ0) is 13.5. The monoisotopic (exact) mass is 302 g/mol. The van der Waals surface area contributed by atoms with Gasteiger partial charge in [0.2, 0.25) is 5.91 Å². The maximum absolute atomic E-state index is 12.1. The topological polar surface area (TPSA) is 50.4 Å². The van der Waals surface area contributed by atoms with Crippen LogP contribution in [0.5, 0.6) is 0 Å². The first kappa shape index (κ1) is 17.5. The van der Waals surface area contributed by atoms with Gasteiger partial charge in [-0.25, -0.2) is 0 Å². The van der Waals surface area contributed by atoms with Crippen molar-refractivity contribution in [3.8, 4) is 0 Å². The fourth-order valence-corrected chi connectivity index (χ4v) is 2.74. The molecule has 4 nitrogen and oxygen atoms in total. The Morgan fingerprint density at radius 3 is 2.85 bits per heavy atom. The number of rotatable bonds is 6. The fraction of sp³-hybridized carbons (Fsp3) is 0.800. The van der Waals surface area contributed by atoms with E-state index in [1.165, 1.54) is 18.4 Å². The van der Waals surface area contributed by atoms with Crippen molar-refractivity contribution in [3.63, 3.8) is 0 Å². The van der Waals surface area contributed by atoms with Crippen LogP contribution in [0.2, 0.25) is 0 Å². The highest BCUT2D eigenvalue weighted by atomic mass is 35.5. The van der Waals surface area contributed by atoms with E-state index in [1.807, 2.05) is 6.92 Å². The highest BCUT2D eigenvalue weighted by Gasteiger charge is 2.24. The molecule has 1 heterocycles. The molecule has 20 heavy (non-hydrogen) atoms. The molecule has 0 bridgehead atoms. The Kier molecular flexibility index (Phi) is 8.19. The van der Waals surface area contributed by atoms with Crippen molar-refractivity contribution < 1.29 is 9.53 Å². The predicted octanol–water partition coefficient (Wildman–Crippen LogP) is 2.18. The number of hydrogen-bond acceptors (Lipinski definition) is 3. The summed E-state index contributed by atoms with van der Waals surface area (Å²) in [6, 6.07) is 0. The largest absolute Gasteiger partial charge is 0.365 e. The van der Waals surface area contributed by atoms with Gasteiger partial charge in [-0.1, -0.05) is 31.4 Å². The molecule has 0 aromatic carbocycles. The quantitative estimate of drug-likeness (QED) is 0.740. The van der Waals surface area contributed by atoms with Crippen molar-refractivity contribution in [1.29, 1.82) is 0 Å². The fourth-order valence-electron chi connectivity index (χ4n) is 2.74. The summed E-state index contributed by atoms with van der Waals surface area (Å²) in [5, 5.41) is 6.29. The Morgan fingerprint density at radius 1 is 1.50 bits per heavy atom. The van der Waals surface area contributed by atoms with E-state index in [2.05, 4.69) is 16.7 Å². The van der Waals surface area contributed by atoms with Crippen LogP contribution in [0.4, 0.5) is 0 Å². The number of ether oxygens (including phenoxy) is 1. The summed E-state index contributed by atoms with van der Waals surface area (Å²) in [7, 11) is 0. The molecule has 1 unspecified atom stereocenters. The number of halogens is 1. The average molecular weight is 303 g/mol. The lowest BCUT2D eigenvalue weighted by atomic mass is 10.1. The SMILES string of the molecule is CCC(OC1CCCC1)C(=O)NCC1=CCNCC1.Cl. The lowest BCUT2D eigenvalue weighted by Gasteiger charge is -2.21. The molecule has 0 spiro atoms. The van der Waals surface area contributed by atoms with E-state index in [1.54, 1.807) is 0 Å². The first-order chi connectivity index (χ1) is 9.29.